The highest BCUT2D eigenvalue weighted by Crippen LogP contribution is 2.40. The molecule has 0 aliphatic heterocycles. The monoisotopic (exact) mass is 673 g/mol. The summed E-state index contributed by atoms with van der Waals surface area (Å²) in [6, 6.07) is 9.05. The predicted molar refractivity (Wildman–Crippen MR) is 214 cm³/mol. The van der Waals surface area contributed by atoms with Gasteiger partial charge in [0.1, 0.15) is 11.5 Å². The Bertz CT molecular complexity index is 1350. The number of benzene rings is 2. The molecule has 2 aromatic carbocycles. The highest BCUT2D eigenvalue weighted by atomic mass is 16.3. The highest BCUT2D eigenvalue weighted by Gasteiger charge is 2.27. The van der Waals surface area contributed by atoms with E-state index < -0.39 is 0 Å². The summed E-state index contributed by atoms with van der Waals surface area (Å²) in [5.41, 5.74) is 6.01. The van der Waals surface area contributed by atoms with Crippen LogP contribution in [-0.2, 0) is 10.8 Å². The summed E-state index contributed by atoms with van der Waals surface area (Å²) < 4.78 is 0. The van der Waals surface area contributed by atoms with Gasteiger partial charge in [-0.3, -0.25) is 9.98 Å². The molecular formula is C45H72N2O2. The van der Waals surface area contributed by atoms with E-state index in [-0.39, 0.29) is 22.9 Å². The van der Waals surface area contributed by atoms with E-state index in [0.717, 1.165) is 60.8 Å². The van der Waals surface area contributed by atoms with Crippen molar-refractivity contribution in [1.29, 1.82) is 0 Å². The van der Waals surface area contributed by atoms with Gasteiger partial charge in [-0.05, 0) is 84.5 Å². The molecule has 2 N–H and O–H groups in total. The van der Waals surface area contributed by atoms with Gasteiger partial charge >= 0.3 is 0 Å². The third-order valence-electron chi connectivity index (χ3n) is 10.7. The molecule has 3 unspecified atom stereocenters. The second kappa shape index (κ2) is 19.1. The number of aromatic hydroxyl groups is 2. The van der Waals surface area contributed by atoms with Crippen molar-refractivity contribution < 1.29 is 10.2 Å². The van der Waals surface area contributed by atoms with Gasteiger partial charge in [-0.25, -0.2) is 0 Å². The topological polar surface area (TPSA) is 65.2 Å². The van der Waals surface area contributed by atoms with Crippen LogP contribution >= 0.6 is 0 Å². The maximum absolute atomic E-state index is 11.6. The Kier molecular flexibility index (Phi) is 15.9. The van der Waals surface area contributed by atoms with Crippen molar-refractivity contribution in [2.75, 3.05) is 0 Å². The fourth-order valence-corrected chi connectivity index (χ4v) is 7.62. The molecule has 1 saturated carbocycles. The van der Waals surface area contributed by atoms with Crippen molar-refractivity contribution in [2.24, 2.45) is 9.98 Å². The van der Waals surface area contributed by atoms with Gasteiger partial charge in [0.25, 0.3) is 0 Å². The van der Waals surface area contributed by atoms with Crippen LogP contribution in [0.15, 0.2) is 34.3 Å². The second-order valence-electron chi connectivity index (χ2n) is 17.1. The maximum Gasteiger partial charge on any atom is 0.128 e. The highest BCUT2D eigenvalue weighted by molar-refractivity contribution is 5.86. The SMILES string of the molecule is CCCCC(CCC)c1cc(C=NC2CCCCC2N=Cc2cc(C(CCCC)CCCC)cc(C(C)(C)C)c2O)c(O)c(C(C)(C)C)c1. The van der Waals surface area contributed by atoms with Gasteiger partial charge in [-0.1, -0.05) is 139 Å². The summed E-state index contributed by atoms with van der Waals surface area (Å²) in [5.74, 6) is 1.72. The molecule has 3 rings (SSSR count). The first-order chi connectivity index (χ1) is 23.2. The van der Waals surface area contributed by atoms with E-state index in [4.69, 9.17) is 9.98 Å². The smallest absolute Gasteiger partial charge is 0.128 e. The van der Waals surface area contributed by atoms with Gasteiger partial charge in [-0.15, -0.1) is 0 Å². The predicted octanol–water partition coefficient (Wildman–Crippen LogP) is 13.1. The summed E-state index contributed by atoms with van der Waals surface area (Å²) in [7, 11) is 0. The number of rotatable bonds is 17. The number of aliphatic imine (C=N–C) groups is 2. The molecule has 3 atom stereocenters. The number of unbranched alkanes of at least 4 members (excludes halogenated alkanes) is 3. The summed E-state index contributed by atoms with van der Waals surface area (Å²) in [4.78, 5) is 10.3. The van der Waals surface area contributed by atoms with Crippen LogP contribution in [0.5, 0.6) is 11.5 Å². The number of hydrogen-bond acceptors (Lipinski definition) is 4. The first-order valence-corrected chi connectivity index (χ1v) is 20.1. The van der Waals surface area contributed by atoms with Gasteiger partial charge in [0.15, 0.2) is 0 Å². The maximum atomic E-state index is 11.6. The van der Waals surface area contributed by atoms with Crippen molar-refractivity contribution >= 4 is 12.4 Å². The third kappa shape index (κ3) is 11.7. The first kappa shape index (κ1) is 40.8. The minimum Gasteiger partial charge on any atom is -0.507 e. The number of hydrogen-bond donors (Lipinski definition) is 2. The Labute approximate surface area is 301 Å². The van der Waals surface area contributed by atoms with E-state index in [1.807, 2.05) is 12.4 Å². The minimum atomic E-state index is -0.171. The van der Waals surface area contributed by atoms with Crippen LogP contribution in [0.1, 0.15) is 211 Å². The lowest BCUT2D eigenvalue weighted by Gasteiger charge is -2.27. The second-order valence-corrected chi connectivity index (χ2v) is 17.1. The molecule has 274 valence electrons. The number of nitrogens with zero attached hydrogens (tertiary/aromatic N) is 2. The van der Waals surface area contributed by atoms with Gasteiger partial charge in [-0.2, -0.15) is 0 Å². The van der Waals surface area contributed by atoms with Crippen LogP contribution in [0.2, 0.25) is 0 Å². The van der Waals surface area contributed by atoms with E-state index in [1.54, 1.807) is 0 Å². The zero-order chi connectivity index (χ0) is 36.2. The molecule has 0 saturated heterocycles. The van der Waals surface area contributed by atoms with Crippen LogP contribution in [0, 0.1) is 0 Å². The first-order valence-electron chi connectivity index (χ1n) is 20.1. The van der Waals surface area contributed by atoms with Crippen molar-refractivity contribution in [3.05, 3.63) is 57.6 Å². The van der Waals surface area contributed by atoms with Crippen LogP contribution in [0.4, 0.5) is 0 Å². The average Bonchev–Trinajstić information content (AvgIpc) is 3.05. The normalized spacial score (nSPS) is 18.3. The molecule has 4 nitrogen and oxygen atoms in total. The van der Waals surface area contributed by atoms with Gasteiger partial charge in [0, 0.05) is 34.7 Å². The molecule has 0 aromatic heterocycles. The fraction of sp³-hybridized carbons (Fsp3) is 0.689. The van der Waals surface area contributed by atoms with E-state index >= 15 is 0 Å². The lowest BCUT2D eigenvalue weighted by molar-refractivity contribution is 0.389. The van der Waals surface area contributed by atoms with Crippen molar-refractivity contribution in [3.63, 3.8) is 0 Å². The molecule has 0 amide bonds. The standard InChI is InChI=1S/C45H72N2O2/c1-11-15-21-32(20-14-4)34-26-36(42(48)38(28-34)44(5,6)7)30-46-40-24-18-19-25-41(40)47-31-37-27-35(29-39(43(37)49)45(8,9)10)33(22-16-12-2)23-17-13-3/h26-33,40-41,48-49H,11-25H2,1-10H3. The molecule has 0 spiro atoms. The quantitative estimate of drug-likeness (QED) is 0.164. The summed E-state index contributed by atoms with van der Waals surface area (Å²) in [6.45, 7) is 22.2. The van der Waals surface area contributed by atoms with Gasteiger partial charge < -0.3 is 10.2 Å². The van der Waals surface area contributed by atoms with Gasteiger partial charge in [0.2, 0.25) is 0 Å². The Balaban J connectivity index is 2.01. The molecule has 4 heteroatoms. The van der Waals surface area contributed by atoms with E-state index in [9.17, 15) is 10.2 Å². The zero-order valence-corrected chi connectivity index (χ0v) is 33.2. The summed E-state index contributed by atoms with van der Waals surface area (Å²) >= 11 is 0. The van der Waals surface area contributed by atoms with E-state index in [2.05, 4.69) is 93.5 Å². The fourth-order valence-electron chi connectivity index (χ4n) is 7.62. The summed E-state index contributed by atoms with van der Waals surface area (Å²) in [6.07, 6.45) is 21.2. The molecule has 1 fully saturated rings. The third-order valence-corrected chi connectivity index (χ3v) is 10.7. The molecule has 0 heterocycles. The molecule has 0 bridgehead atoms. The molecule has 1 aliphatic rings. The molecule has 1 aliphatic carbocycles. The Morgan fingerprint density at radius 3 is 1.29 bits per heavy atom. The van der Waals surface area contributed by atoms with Gasteiger partial charge in [0.05, 0.1) is 12.1 Å². The number of phenols is 2. The number of phenolic OH excluding ortho intramolecular Hbond substituents is 2. The molecule has 2 aromatic rings. The van der Waals surface area contributed by atoms with Crippen LogP contribution in [-0.4, -0.2) is 34.7 Å². The van der Waals surface area contributed by atoms with Crippen LogP contribution in [0.3, 0.4) is 0 Å². The Morgan fingerprint density at radius 1 is 0.592 bits per heavy atom. The minimum absolute atomic E-state index is 0.0481. The molecule has 49 heavy (non-hydrogen) atoms. The summed E-state index contributed by atoms with van der Waals surface area (Å²) in [5, 5.41) is 23.1. The largest absolute Gasteiger partial charge is 0.507 e. The Morgan fingerprint density at radius 2 is 0.959 bits per heavy atom. The van der Waals surface area contributed by atoms with E-state index in [0.29, 0.717) is 23.3 Å². The van der Waals surface area contributed by atoms with Crippen molar-refractivity contribution in [1.82, 2.24) is 0 Å². The average molecular weight is 673 g/mol. The lowest BCUT2D eigenvalue weighted by Crippen LogP contribution is -2.27. The van der Waals surface area contributed by atoms with Crippen LogP contribution in [0.25, 0.3) is 0 Å². The Hall–Kier alpha value is -2.62. The van der Waals surface area contributed by atoms with Crippen LogP contribution < -0.4 is 0 Å². The lowest BCUT2D eigenvalue weighted by atomic mass is 9.80. The van der Waals surface area contributed by atoms with Crippen molar-refractivity contribution in [2.45, 2.75) is 200 Å². The zero-order valence-electron chi connectivity index (χ0n) is 33.2. The van der Waals surface area contributed by atoms with Crippen molar-refractivity contribution in [3.8, 4) is 11.5 Å². The molecular weight excluding hydrogens is 601 g/mol. The van der Waals surface area contributed by atoms with E-state index in [1.165, 1.54) is 68.9 Å². The molecule has 0 radical (unpaired) electrons.